The van der Waals surface area contributed by atoms with Crippen LogP contribution in [0.3, 0.4) is 0 Å². The van der Waals surface area contributed by atoms with Gasteiger partial charge in [-0.3, -0.25) is 4.98 Å². The lowest BCUT2D eigenvalue weighted by Crippen LogP contribution is -2.35. The molecule has 1 saturated heterocycles. The van der Waals surface area contributed by atoms with Gasteiger partial charge in [0, 0.05) is 42.8 Å². The molecule has 0 radical (unpaired) electrons. The first kappa shape index (κ1) is 22.9. The lowest BCUT2D eigenvalue weighted by atomic mass is 9.86. The zero-order chi connectivity index (χ0) is 23.9. The summed E-state index contributed by atoms with van der Waals surface area (Å²) in [4.78, 5) is 16.0. The second-order valence-electron chi connectivity index (χ2n) is 9.71. The fourth-order valence-corrected chi connectivity index (χ4v) is 5.13. The molecule has 178 valence electrons. The summed E-state index contributed by atoms with van der Waals surface area (Å²) in [5, 5.41) is 13.7. The normalized spacial score (nSPS) is 17.5. The molecule has 0 bridgehead atoms. The summed E-state index contributed by atoms with van der Waals surface area (Å²) in [7, 11) is 1.63. The smallest absolute Gasteiger partial charge is 0.227 e. The molecule has 34 heavy (non-hydrogen) atoms. The van der Waals surface area contributed by atoms with Crippen molar-refractivity contribution in [3.63, 3.8) is 0 Å². The van der Waals surface area contributed by atoms with Gasteiger partial charge < -0.3 is 20.1 Å². The Morgan fingerprint density at radius 2 is 1.97 bits per heavy atom. The third-order valence-electron chi connectivity index (χ3n) is 6.96. The van der Waals surface area contributed by atoms with Crippen LogP contribution in [0, 0.1) is 0 Å². The van der Waals surface area contributed by atoms with Crippen LogP contribution in [0.4, 0.5) is 17.3 Å². The number of aromatic nitrogens is 3. The van der Waals surface area contributed by atoms with Crippen molar-refractivity contribution in [2.45, 2.75) is 51.0 Å². The van der Waals surface area contributed by atoms with E-state index in [0.29, 0.717) is 22.4 Å². The molecule has 1 aliphatic heterocycles. The fraction of sp³-hybridized carbons (Fsp3) is 0.423. The number of hydrogen-bond acceptors (Lipinski definition) is 7. The molecule has 5 rings (SSSR count). The second kappa shape index (κ2) is 9.04. The SMILES string of the molecule is COc1cc(N2CCC(O)CC2)c(Cl)cc1Nc1nccc(-c2cnc3c(c2)C(C)(C)CC3)n1. The molecule has 1 aromatic carbocycles. The molecular formula is C26H30ClN5O2. The van der Waals surface area contributed by atoms with Crippen molar-refractivity contribution in [3.05, 3.63) is 52.9 Å². The standard InChI is InChI=1S/C26H30ClN5O2/c1-26(2)8-4-21-18(26)12-16(15-29-21)20-5-9-28-25(30-20)31-22-13-19(27)23(14-24(22)34-3)32-10-6-17(33)7-11-32/h5,9,12-15,17,33H,4,6-8,10-11H2,1-3H3,(H,28,30,31). The predicted molar refractivity (Wildman–Crippen MR) is 135 cm³/mol. The number of aryl methyl sites for hydroxylation is 1. The number of nitrogens with zero attached hydrogens (tertiary/aromatic N) is 4. The van der Waals surface area contributed by atoms with Gasteiger partial charge in [0.15, 0.2) is 0 Å². The number of hydrogen-bond donors (Lipinski definition) is 2. The Morgan fingerprint density at radius 3 is 2.74 bits per heavy atom. The first-order chi connectivity index (χ1) is 16.3. The average molecular weight is 480 g/mol. The number of halogens is 1. The first-order valence-electron chi connectivity index (χ1n) is 11.7. The fourth-order valence-electron chi connectivity index (χ4n) is 4.84. The number of fused-ring (bicyclic) bond motifs is 1. The van der Waals surface area contributed by atoms with Crippen molar-refractivity contribution in [1.29, 1.82) is 0 Å². The summed E-state index contributed by atoms with van der Waals surface area (Å²) >= 11 is 6.65. The van der Waals surface area contributed by atoms with Crippen molar-refractivity contribution in [2.75, 3.05) is 30.4 Å². The van der Waals surface area contributed by atoms with Crippen LogP contribution < -0.4 is 15.0 Å². The minimum Gasteiger partial charge on any atom is -0.494 e. The van der Waals surface area contributed by atoms with Crippen molar-refractivity contribution < 1.29 is 9.84 Å². The van der Waals surface area contributed by atoms with E-state index in [1.54, 1.807) is 13.3 Å². The number of aliphatic hydroxyl groups is 1. The summed E-state index contributed by atoms with van der Waals surface area (Å²) in [5.41, 5.74) is 5.99. The highest BCUT2D eigenvalue weighted by Gasteiger charge is 2.31. The molecule has 2 aromatic heterocycles. The predicted octanol–water partition coefficient (Wildman–Crippen LogP) is 5.13. The number of anilines is 3. The maximum absolute atomic E-state index is 9.82. The molecule has 3 aromatic rings. The molecule has 8 heteroatoms. The van der Waals surface area contributed by atoms with Crippen molar-refractivity contribution in [2.24, 2.45) is 0 Å². The average Bonchev–Trinajstić information content (AvgIpc) is 3.14. The van der Waals surface area contributed by atoms with Crippen LogP contribution in [0.25, 0.3) is 11.3 Å². The molecule has 2 aliphatic rings. The van der Waals surface area contributed by atoms with Gasteiger partial charge in [-0.25, -0.2) is 9.97 Å². The van der Waals surface area contributed by atoms with Crippen LogP contribution >= 0.6 is 11.6 Å². The zero-order valence-electron chi connectivity index (χ0n) is 19.8. The Balaban J connectivity index is 1.41. The quantitative estimate of drug-likeness (QED) is 0.524. The molecule has 1 fully saturated rings. The van der Waals surface area contributed by atoms with Crippen LogP contribution in [0.1, 0.15) is 44.4 Å². The molecule has 1 aliphatic carbocycles. The molecule has 0 amide bonds. The highest BCUT2D eigenvalue weighted by atomic mass is 35.5. The van der Waals surface area contributed by atoms with Gasteiger partial charge in [-0.1, -0.05) is 25.4 Å². The molecule has 0 unspecified atom stereocenters. The van der Waals surface area contributed by atoms with Gasteiger partial charge in [0.1, 0.15) is 5.75 Å². The van der Waals surface area contributed by atoms with Gasteiger partial charge in [0.05, 0.1) is 35.3 Å². The van der Waals surface area contributed by atoms with Crippen LogP contribution in [0.5, 0.6) is 5.75 Å². The van der Waals surface area contributed by atoms with E-state index in [-0.39, 0.29) is 11.5 Å². The van der Waals surface area contributed by atoms with Gasteiger partial charge in [-0.05, 0) is 54.9 Å². The molecule has 0 spiro atoms. The van der Waals surface area contributed by atoms with E-state index in [4.69, 9.17) is 26.3 Å². The monoisotopic (exact) mass is 479 g/mol. The van der Waals surface area contributed by atoms with Crippen molar-refractivity contribution >= 4 is 28.9 Å². The second-order valence-corrected chi connectivity index (χ2v) is 10.1. The summed E-state index contributed by atoms with van der Waals surface area (Å²) < 4.78 is 5.65. The molecular weight excluding hydrogens is 450 g/mol. The maximum Gasteiger partial charge on any atom is 0.227 e. The Hall–Kier alpha value is -2.90. The Labute approximate surface area is 205 Å². The minimum atomic E-state index is -0.241. The Kier molecular flexibility index (Phi) is 6.08. The molecule has 7 nitrogen and oxygen atoms in total. The first-order valence-corrected chi connectivity index (χ1v) is 12.1. The summed E-state index contributed by atoms with van der Waals surface area (Å²) in [5.74, 6) is 1.11. The number of aliphatic hydroxyl groups excluding tert-OH is 1. The number of ether oxygens (including phenoxy) is 1. The number of benzene rings is 1. The molecule has 0 atom stereocenters. The van der Waals surface area contributed by atoms with Crippen molar-refractivity contribution in [1.82, 2.24) is 15.0 Å². The van der Waals surface area contributed by atoms with Crippen molar-refractivity contribution in [3.8, 4) is 17.0 Å². The third-order valence-corrected chi connectivity index (χ3v) is 7.26. The molecule has 0 saturated carbocycles. The van der Waals surface area contributed by atoms with E-state index < -0.39 is 0 Å². The number of rotatable bonds is 5. The highest BCUT2D eigenvalue weighted by Crippen LogP contribution is 2.40. The Bertz CT molecular complexity index is 1210. The molecule has 3 heterocycles. The van der Waals surface area contributed by atoms with E-state index in [1.807, 2.05) is 24.4 Å². The Morgan fingerprint density at radius 1 is 1.18 bits per heavy atom. The summed E-state index contributed by atoms with van der Waals surface area (Å²) in [6.07, 6.45) is 6.99. The summed E-state index contributed by atoms with van der Waals surface area (Å²) in [6.45, 7) is 6.05. The largest absolute Gasteiger partial charge is 0.494 e. The van der Waals surface area contributed by atoms with E-state index in [2.05, 4.69) is 35.1 Å². The topological polar surface area (TPSA) is 83.4 Å². The van der Waals surface area contributed by atoms with Gasteiger partial charge in [0.2, 0.25) is 5.95 Å². The maximum atomic E-state index is 9.82. The van der Waals surface area contributed by atoms with Crippen LogP contribution in [0.2, 0.25) is 5.02 Å². The van der Waals surface area contributed by atoms with Crippen LogP contribution in [0.15, 0.2) is 36.7 Å². The lowest BCUT2D eigenvalue weighted by Gasteiger charge is -2.32. The zero-order valence-corrected chi connectivity index (χ0v) is 20.6. The lowest BCUT2D eigenvalue weighted by molar-refractivity contribution is 0.145. The number of pyridine rings is 1. The molecule has 2 N–H and O–H groups in total. The van der Waals surface area contributed by atoms with Gasteiger partial charge >= 0.3 is 0 Å². The van der Waals surface area contributed by atoms with Gasteiger partial charge in [-0.15, -0.1) is 0 Å². The number of methoxy groups -OCH3 is 1. The van der Waals surface area contributed by atoms with Gasteiger partial charge in [-0.2, -0.15) is 0 Å². The minimum absolute atomic E-state index is 0.130. The van der Waals surface area contributed by atoms with Gasteiger partial charge in [0.25, 0.3) is 0 Å². The third kappa shape index (κ3) is 4.42. The number of nitrogens with one attached hydrogen (secondary N) is 1. The number of piperidine rings is 1. The highest BCUT2D eigenvalue weighted by molar-refractivity contribution is 6.33. The van der Waals surface area contributed by atoms with E-state index in [0.717, 1.165) is 55.7 Å². The summed E-state index contributed by atoms with van der Waals surface area (Å²) in [6, 6.07) is 7.88. The van der Waals surface area contributed by atoms with Crippen LogP contribution in [-0.4, -0.2) is 46.4 Å². The van der Waals surface area contributed by atoms with E-state index in [9.17, 15) is 5.11 Å². The van der Waals surface area contributed by atoms with E-state index >= 15 is 0 Å². The van der Waals surface area contributed by atoms with Crippen LogP contribution in [-0.2, 0) is 11.8 Å². The van der Waals surface area contributed by atoms with E-state index in [1.165, 1.54) is 11.3 Å².